The lowest BCUT2D eigenvalue weighted by Gasteiger charge is -2.09. The minimum Gasteiger partial charge on any atom is -0.368 e. The molecule has 0 saturated heterocycles. The third kappa shape index (κ3) is 4.70. The van der Waals surface area contributed by atoms with E-state index < -0.39 is 27.1 Å². The van der Waals surface area contributed by atoms with Crippen LogP contribution in [0.5, 0.6) is 0 Å². The molecule has 1 heterocycles. The van der Waals surface area contributed by atoms with Crippen LogP contribution in [0.4, 0.5) is 19.0 Å². The summed E-state index contributed by atoms with van der Waals surface area (Å²) in [5.74, 6) is -1.27. The van der Waals surface area contributed by atoms with Gasteiger partial charge in [-0.15, -0.1) is 0 Å². The minimum atomic E-state index is -5.98. The average molecular weight is 358 g/mol. The molecule has 1 aromatic heterocycles. The van der Waals surface area contributed by atoms with E-state index in [0.717, 1.165) is 0 Å². The molecule has 120 valence electrons. The summed E-state index contributed by atoms with van der Waals surface area (Å²) in [6.45, 7) is 0. The Morgan fingerprint density at radius 1 is 1.41 bits per heavy atom. The molecule has 0 fully saturated rings. The normalized spacial score (nSPS) is 13.8. The van der Waals surface area contributed by atoms with Crippen molar-refractivity contribution < 1.29 is 30.6 Å². The van der Waals surface area contributed by atoms with Crippen LogP contribution in [-0.2, 0) is 19.1 Å². The number of hydrogen-bond donors (Lipinski definition) is 1. The molecule has 0 aromatic carbocycles. The maximum absolute atomic E-state index is 12.1. The van der Waals surface area contributed by atoms with Gasteiger partial charge in [-0.2, -0.15) is 21.6 Å². The highest BCUT2D eigenvalue weighted by molar-refractivity contribution is 7.87. The molecule has 7 nitrogen and oxygen atoms in total. The SMILES string of the molecule is N/C(OS(=O)(=O)C(F)(F)F)=C(/C=O)C=Nc1cccc(Cl)n1. The van der Waals surface area contributed by atoms with Gasteiger partial charge in [-0.25, -0.2) is 9.98 Å². The predicted octanol–water partition coefficient (Wildman–Crippen LogP) is 1.67. The van der Waals surface area contributed by atoms with Crippen molar-refractivity contribution in [2.45, 2.75) is 5.51 Å². The van der Waals surface area contributed by atoms with Crippen LogP contribution in [-0.4, -0.2) is 31.4 Å². The van der Waals surface area contributed by atoms with Crippen LogP contribution in [0, 0.1) is 0 Å². The van der Waals surface area contributed by atoms with Gasteiger partial charge in [0, 0.05) is 6.21 Å². The van der Waals surface area contributed by atoms with Gasteiger partial charge in [0.2, 0.25) is 5.88 Å². The number of aromatic nitrogens is 1. The van der Waals surface area contributed by atoms with Gasteiger partial charge in [0.25, 0.3) is 0 Å². The molecule has 0 aliphatic heterocycles. The molecule has 22 heavy (non-hydrogen) atoms. The van der Waals surface area contributed by atoms with Gasteiger partial charge in [-0.3, -0.25) is 4.79 Å². The third-order valence-electron chi connectivity index (χ3n) is 1.93. The number of rotatable bonds is 5. The number of aliphatic imine (C=N–C) groups is 1. The first-order valence-corrected chi connectivity index (χ1v) is 6.98. The van der Waals surface area contributed by atoms with Gasteiger partial charge < -0.3 is 9.92 Å². The van der Waals surface area contributed by atoms with Crippen molar-refractivity contribution in [1.29, 1.82) is 0 Å². The Morgan fingerprint density at radius 3 is 2.55 bits per heavy atom. The Balaban J connectivity index is 3.06. The van der Waals surface area contributed by atoms with Crippen molar-refractivity contribution in [3.8, 4) is 0 Å². The van der Waals surface area contributed by atoms with Crippen LogP contribution in [0.15, 0.2) is 34.6 Å². The summed E-state index contributed by atoms with van der Waals surface area (Å²) >= 11 is 5.57. The first-order chi connectivity index (χ1) is 10.1. The van der Waals surface area contributed by atoms with Crippen molar-refractivity contribution in [1.82, 2.24) is 4.98 Å². The highest BCUT2D eigenvalue weighted by atomic mass is 35.5. The van der Waals surface area contributed by atoms with Crippen molar-refractivity contribution in [2.75, 3.05) is 0 Å². The van der Waals surface area contributed by atoms with Gasteiger partial charge in [-0.05, 0) is 12.1 Å². The van der Waals surface area contributed by atoms with E-state index in [4.69, 9.17) is 17.3 Å². The molecule has 2 N–H and O–H groups in total. The molecule has 0 saturated carbocycles. The van der Waals surface area contributed by atoms with Crippen molar-refractivity contribution >= 4 is 40.0 Å². The molecule has 0 radical (unpaired) electrons. The number of hydrogen-bond acceptors (Lipinski definition) is 7. The number of nitrogens with zero attached hydrogens (tertiary/aromatic N) is 2. The molecule has 1 aromatic rings. The third-order valence-corrected chi connectivity index (χ3v) is 3.11. The number of carbonyl (C=O) groups is 1. The Bertz CT molecular complexity index is 731. The molecule has 12 heteroatoms. The molecular weight excluding hydrogens is 351 g/mol. The summed E-state index contributed by atoms with van der Waals surface area (Å²) in [5.41, 5.74) is -1.40. The second-order valence-electron chi connectivity index (χ2n) is 3.50. The molecule has 0 bridgehead atoms. The van der Waals surface area contributed by atoms with Crippen molar-refractivity contribution in [3.63, 3.8) is 0 Å². The zero-order valence-electron chi connectivity index (χ0n) is 10.4. The number of carbonyl (C=O) groups excluding carboxylic acids is 1. The lowest BCUT2D eigenvalue weighted by atomic mass is 10.3. The molecule has 0 unspecified atom stereocenters. The summed E-state index contributed by atoms with van der Waals surface area (Å²) in [6.07, 6.45) is 0.655. The van der Waals surface area contributed by atoms with Crippen LogP contribution < -0.4 is 5.73 Å². The zero-order valence-corrected chi connectivity index (χ0v) is 12.0. The highest BCUT2D eigenvalue weighted by Gasteiger charge is 2.49. The second-order valence-corrected chi connectivity index (χ2v) is 5.42. The molecule has 0 aliphatic carbocycles. The first kappa shape index (κ1) is 17.9. The van der Waals surface area contributed by atoms with Gasteiger partial charge in [0.05, 0.1) is 5.57 Å². The van der Waals surface area contributed by atoms with E-state index in [9.17, 15) is 26.4 Å². The summed E-state index contributed by atoms with van der Waals surface area (Å²) < 4.78 is 61.5. The van der Waals surface area contributed by atoms with E-state index in [2.05, 4.69) is 14.2 Å². The number of allylic oxidation sites excluding steroid dienone is 1. The number of halogens is 4. The molecule has 0 aliphatic rings. The topological polar surface area (TPSA) is 112 Å². The Hall–Kier alpha value is -2.14. The Morgan fingerprint density at radius 2 is 2.05 bits per heavy atom. The number of aldehydes is 1. The van der Waals surface area contributed by atoms with Crippen LogP contribution in [0.25, 0.3) is 0 Å². The summed E-state index contributed by atoms with van der Waals surface area (Å²) in [6, 6.07) is 4.28. The number of alkyl halides is 3. The van der Waals surface area contributed by atoms with E-state index >= 15 is 0 Å². The van der Waals surface area contributed by atoms with Crippen LogP contribution in [0.2, 0.25) is 5.15 Å². The summed E-state index contributed by atoms with van der Waals surface area (Å²) in [7, 11) is -5.98. The molecular formula is C10H7ClF3N3O4S. The van der Waals surface area contributed by atoms with Crippen molar-refractivity contribution in [3.05, 3.63) is 34.8 Å². The van der Waals surface area contributed by atoms with E-state index in [1.807, 2.05) is 0 Å². The van der Waals surface area contributed by atoms with E-state index in [0.29, 0.717) is 6.21 Å². The van der Waals surface area contributed by atoms with E-state index in [-0.39, 0.29) is 17.3 Å². The number of pyridine rings is 1. The second kappa shape index (κ2) is 6.75. The first-order valence-electron chi connectivity index (χ1n) is 5.19. The van der Waals surface area contributed by atoms with E-state index in [1.54, 1.807) is 0 Å². The van der Waals surface area contributed by atoms with Gasteiger partial charge in [0.15, 0.2) is 12.1 Å². The van der Waals surface area contributed by atoms with Gasteiger partial charge in [-0.1, -0.05) is 17.7 Å². The molecule has 1 rings (SSSR count). The Kier molecular flexibility index (Phi) is 5.49. The highest BCUT2D eigenvalue weighted by Crippen LogP contribution is 2.26. The maximum atomic E-state index is 12.1. The van der Waals surface area contributed by atoms with Gasteiger partial charge in [0.1, 0.15) is 5.15 Å². The zero-order chi connectivity index (χ0) is 17.0. The van der Waals surface area contributed by atoms with Gasteiger partial charge >= 0.3 is 15.6 Å². The summed E-state index contributed by atoms with van der Waals surface area (Å²) in [4.78, 5) is 18.0. The largest absolute Gasteiger partial charge is 0.534 e. The molecule has 0 atom stereocenters. The number of nitrogens with two attached hydrogens (primary N) is 1. The fourth-order valence-corrected chi connectivity index (χ4v) is 1.56. The monoisotopic (exact) mass is 357 g/mol. The molecule has 0 spiro atoms. The van der Waals surface area contributed by atoms with Crippen LogP contribution in [0.1, 0.15) is 0 Å². The van der Waals surface area contributed by atoms with E-state index in [1.165, 1.54) is 18.2 Å². The van der Waals surface area contributed by atoms with Crippen LogP contribution in [0.3, 0.4) is 0 Å². The smallest absolute Gasteiger partial charge is 0.368 e. The fraction of sp³-hybridized carbons (Fsp3) is 0.100. The average Bonchev–Trinajstić information content (AvgIpc) is 2.37. The minimum absolute atomic E-state index is 0.0123. The summed E-state index contributed by atoms with van der Waals surface area (Å²) in [5, 5.41) is 0.0788. The lowest BCUT2D eigenvalue weighted by Crippen LogP contribution is -2.27. The standard InChI is InChI=1S/C10H7ClF3N3O4S/c11-7-2-1-3-8(17-7)16-4-6(5-18)9(15)21-22(19,20)10(12,13)14/h1-5H,15H2/b9-6-,16-4?. The quantitative estimate of drug-likeness (QED) is 0.163. The molecule has 0 amide bonds. The maximum Gasteiger partial charge on any atom is 0.534 e. The lowest BCUT2D eigenvalue weighted by molar-refractivity contribution is -0.104. The van der Waals surface area contributed by atoms with Crippen LogP contribution >= 0.6 is 11.6 Å². The van der Waals surface area contributed by atoms with Crippen molar-refractivity contribution in [2.24, 2.45) is 10.7 Å². The Labute approximate surface area is 127 Å². The fourth-order valence-electron chi connectivity index (χ4n) is 0.971. The predicted molar refractivity (Wildman–Crippen MR) is 70.7 cm³/mol.